The van der Waals surface area contributed by atoms with E-state index >= 15 is 0 Å². The molecule has 0 bridgehead atoms. The van der Waals surface area contributed by atoms with Gasteiger partial charge in [-0.05, 0) is 31.1 Å². The fourth-order valence-electron chi connectivity index (χ4n) is 2.21. The molecule has 0 aromatic heterocycles. The van der Waals surface area contributed by atoms with Crippen LogP contribution in [0.15, 0.2) is 0 Å². The SMILES string of the molecule is NC(=O)C(=O)C1CCC2CC21. The largest absolute Gasteiger partial charge is 0.363 e. The maximum absolute atomic E-state index is 11.1. The van der Waals surface area contributed by atoms with Crippen molar-refractivity contribution in [2.45, 2.75) is 19.3 Å². The Balaban J connectivity index is 2.05. The van der Waals surface area contributed by atoms with Crippen molar-refractivity contribution >= 4 is 11.7 Å². The molecule has 0 spiro atoms. The van der Waals surface area contributed by atoms with Crippen LogP contribution < -0.4 is 5.73 Å². The summed E-state index contributed by atoms with van der Waals surface area (Å²) >= 11 is 0. The normalized spacial score (nSPS) is 39.8. The highest BCUT2D eigenvalue weighted by atomic mass is 16.2. The molecule has 0 aromatic carbocycles. The van der Waals surface area contributed by atoms with Crippen molar-refractivity contribution < 1.29 is 9.59 Å². The minimum Gasteiger partial charge on any atom is -0.363 e. The monoisotopic (exact) mass is 153 g/mol. The van der Waals surface area contributed by atoms with Crippen LogP contribution in [0, 0.1) is 17.8 Å². The summed E-state index contributed by atoms with van der Waals surface area (Å²) in [5, 5.41) is 0. The number of hydrogen-bond donors (Lipinski definition) is 1. The quantitative estimate of drug-likeness (QED) is 0.571. The average Bonchev–Trinajstić information content (AvgIpc) is 2.62. The van der Waals surface area contributed by atoms with Gasteiger partial charge in [0, 0.05) is 5.92 Å². The van der Waals surface area contributed by atoms with Gasteiger partial charge in [-0.15, -0.1) is 0 Å². The predicted octanol–water partition coefficient (Wildman–Crippen LogP) is 0.0869. The summed E-state index contributed by atoms with van der Waals surface area (Å²) in [6.45, 7) is 0. The summed E-state index contributed by atoms with van der Waals surface area (Å²) in [5.74, 6) is 0.147. The Hall–Kier alpha value is -0.860. The number of hydrogen-bond acceptors (Lipinski definition) is 2. The molecule has 11 heavy (non-hydrogen) atoms. The molecule has 3 nitrogen and oxygen atoms in total. The highest BCUT2D eigenvalue weighted by molar-refractivity contribution is 6.36. The van der Waals surface area contributed by atoms with Crippen LogP contribution in [0.1, 0.15) is 19.3 Å². The van der Waals surface area contributed by atoms with Crippen LogP contribution >= 0.6 is 0 Å². The van der Waals surface area contributed by atoms with Gasteiger partial charge in [-0.3, -0.25) is 9.59 Å². The molecule has 0 heterocycles. The summed E-state index contributed by atoms with van der Waals surface area (Å²) in [6, 6.07) is 0. The van der Waals surface area contributed by atoms with E-state index in [4.69, 9.17) is 5.73 Å². The molecule has 2 N–H and O–H groups in total. The second kappa shape index (κ2) is 2.06. The zero-order chi connectivity index (χ0) is 8.01. The number of carbonyl (C=O) groups is 2. The van der Waals surface area contributed by atoms with Gasteiger partial charge < -0.3 is 5.73 Å². The van der Waals surface area contributed by atoms with Gasteiger partial charge in [-0.1, -0.05) is 0 Å². The first-order valence-electron chi connectivity index (χ1n) is 4.04. The van der Waals surface area contributed by atoms with Gasteiger partial charge in [0.05, 0.1) is 0 Å². The molecule has 2 aliphatic carbocycles. The second-order valence-corrected chi connectivity index (χ2v) is 3.57. The molecule has 1 amide bonds. The number of fused-ring (bicyclic) bond motifs is 1. The molecule has 2 rings (SSSR count). The van der Waals surface area contributed by atoms with Gasteiger partial charge >= 0.3 is 0 Å². The lowest BCUT2D eigenvalue weighted by Crippen LogP contribution is -2.30. The molecule has 3 unspecified atom stereocenters. The predicted molar refractivity (Wildman–Crippen MR) is 38.5 cm³/mol. The maximum Gasteiger partial charge on any atom is 0.285 e. The van der Waals surface area contributed by atoms with Crippen molar-refractivity contribution in [3.8, 4) is 0 Å². The standard InChI is InChI=1S/C8H11NO2/c9-8(11)7(10)5-2-1-4-3-6(4)5/h4-6H,1-3H2,(H2,9,11). The van der Waals surface area contributed by atoms with E-state index < -0.39 is 5.91 Å². The van der Waals surface area contributed by atoms with Gasteiger partial charge in [-0.2, -0.15) is 0 Å². The number of amides is 1. The van der Waals surface area contributed by atoms with E-state index in [2.05, 4.69) is 0 Å². The summed E-state index contributed by atoms with van der Waals surface area (Å²) in [4.78, 5) is 21.6. The van der Waals surface area contributed by atoms with Crippen LogP contribution in [0.3, 0.4) is 0 Å². The Bertz CT molecular complexity index is 224. The Kier molecular flexibility index (Phi) is 1.28. The van der Waals surface area contributed by atoms with Gasteiger partial charge in [0.1, 0.15) is 0 Å². The topological polar surface area (TPSA) is 60.2 Å². The number of ketones is 1. The summed E-state index contributed by atoms with van der Waals surface area (Å²) in [7, 11) is 0. The third-order valence-corrected chi connectivity index (χ3v) is 2.92. The molecule has 2 fully saturated rings. The minimum atomic E-state index is -0.748. The number of rotatable bonds is 2. The van der Waals surface area contributed by atoms with E-state index in [0.29, 0.717) is 5.92 Å². The van der Waals surface area contributed by atoms with E-state index in [9.17, 15) is 9.59 Å². The van der Waals surface area contributed by atoms with Crippen molar-refractivity contribution in [2.24, 2.45) is 23.5 Å². The Morgan fingerprint density at radius 3 is 2.36 bits per heavy atom. The van der Waals surface area contributed by atoms with Crippen LogP contribution in [-0.2, 0) is 9.59 Å². The molecule has 60 valence electrons. The molecule has 2 aliphatic rings. The summed E-state index contributed by atoms with van der Waals surface area (Å²) in [6.07, 6.45) is 3.15. The first kappa shape index (κ1) is 6.83. The van der Waals surface area contributed by atoms with Crippen LogP contribution in [0.4, 0.5) is 0 Å². The molecule has 0 saturated heterocycles. The Morgan fingerprint density at radius 2 is 2.00 bits per heavy atom. The Morgan fingerprint density at radius 1 is 1.27 bits per heavy atom. The van der Waals surface area contributed by atoms with Gasteiger partial charge in [0.25, 0.3) is 5.91 Å². The number of Topliss-reactive ketones (excluding diaryl/α,β-unsaturated/α-hetero) is 1. The zero-order valence-corrected chi connectivity index (χ0v) is 6.25. The summed E-state index contributed by atoms with van der Waals surface area (Å²) in [5.41, 5.74) is 4.91. The van der Waals surface area contributed by atoms with E-state index in [1.807, 2.05) is 0 Å². The van der Waals surface area contributed by atoms with Gasteiger partial charge in [-0.25, -0.2) is 0 Å². The minimum absolute atomic E-state index is 0.0162. The van der Waals surface area contributed by atoms with Crippen LogP contribution in [0.5, 0.6) is 0 Å². The zero-order valence-electron chi connectivity index (χ0n) is 6.25. The molecule has 3 atom stereocenters. The second-order valence-electron chi connectivity index (χ2n) is 3.57. The molecule has 0 radical (unpaired) electrons. The highest BCUT2D eigenvalue weighted by Crippen LogP contribution is 2.55. The van der Waals surface area contributed by atoms with Crippen LogP contribution in [0.25, 0.3) is 0 Å². The van der Waals surface area contributed by atoms with Crippen LogP contribution in [0.2, 0.25) is 0 Å². The third-order valence-electron chi connectivity index (χ3n) is 2.92. The average molecular weight is 153 g/mol. The molecule has 0 aromatic rings. The van der Waals surface area contributed by atoms with Crippen LogP contribution in [-0.4, -0.2) is 11.7 Å². The van der Waals surface area contributed by atoms with E-state index in [1.165, 1.54) is 0 Å². The third kappa shape index (κ3) is 0.951. The molecule has 3 heteroatoms. The number of nitrogens with two attached hydrogens (primary N) is 1. The Labute approximate surface area is 64.9 Å². The number of carbonyl (C=O) groups excluding carboxylic acids is 2. The van der Waals surface area contributed by atoms with Crippen molar-refractivity contribution in [3.63, 3.8) is 0 Å². The summed E-state index contributed by atoms with van der Waals surface area (Å²) < 4.78 is 0. The highest BCUT2D eigenvalue weighted by Gasteiger charge is 2.51. The maximum atomic E-state index is 11.1. The van der Waals surface area contributed by atoms with Gasteiger partial charge in [0.15, 0.2) is 0 Å². The molecular weight excluding hydrogens is 142 g/mol. The first-order chi connectivity index (χ1) is 5.20. The van der Waals surface area contributed by atoms with Gasteiger partial charge in [0.2, 0.25) is 5.78 Å². The van der Waals surface area contributed by atoms with Crippen molar-refractivity contribution in [3.05, 3.63) is 0 Å². The lowest BCUT2D eigenvalue weighted by molar-refractivity contribution is -0.138. The fourth-order valence-corrected chi connectivity index (χ4v) is 2.21. The van der Waals surface area contributed by atoms with Crippen molar-refractivity contribution in [1.29, 1.82) is 0 Å². The van der Waals surface area contributed by atoms with Crippen molar-refractivity contribution in [1.82, 2.24) is 0 Å². The smallest absolute Gasteiger partial charge is 0.285 e. The fraction of sp³-hybridized carbons (Fsp3) is 0.750. The van der Waals surface area contributed by atoms with Crippen molar-refractivity contribution in [2.75, 3.05) is 0 Å². The molecule has 2 saturated carbocycles. The van der Waals surface area contributed by atoms with E-state index in [-0.39, 0.29) is 11.7 Å². The number of primary amides is 1. The lowest BCUT2D eigenvalue weighted by atomic mass is 9.98. The van der Waals surface area contributed by atoms with E-state index in [1.54, 1.807) is 0 Å². The van der Waals surface area contributed by atoms with E-state index in [0.717, 1.165) is 25.2 Å². The lowest BCUT2D eigenvalue weighted by Gasteiger charge is -2.05. The molecule has 0 aliphatic heterocycles. The first-order valence-corrected chi connectivity index (χ1v) is 4.04. The molecular formula is C8H11NO2.